The van der Waals surface area contributed by atoms with E-state index in [0.717, 1.165) is 12.8 Å². The van der Waals surface area contributed by atoms with Crippen LogP contribution in [0.2, 0.25) is 0 Å². The van der Waals surface area contributed by atoms with E-state index < -0.39 is 5.60 Å². The van der Waals surface area contributed by atoms with E-state index in [2.05, 4.69) is 47.7 Å². The van der Waals surface area contributed by atoms with Gasteiger partial charge in [-0.05, 0) is 37.5 Å². The van der Waals surface area contributed by atoms with E-state index in [-0.39, 0.29) is 10.8 Å². The van der Waals surface area contributed by atoms with Gasteiger partial charge >= 0.3 is 0 Å². The highest BCUT2D eigenvalue weighted by molar-refractivity contribution is 5.58. The van der Waals surface area contributed by atoms with Crippen LogP contribution in [-0.2, 0) is 0 Å². The zero-order valence-corrected chi connectivity index (χ0v) is 14.6. The number of anilines is 1. The minimum Gasteiger partial charge on any atom is -0.382 e. The van der Waals surface area contributed by atoms with Gasteiger partial charge in [0.15, 0.2) is 0 Å². The quantitative estimate of drug-likeness (QED) is 0.723. The van der Waals surface area contributed by atoms with E-state index in [9.17, 15) is 5.11 Å². The Bertz CT molecular complexity index is 905. The van der Waals surface area contributed by atoms with Crippen LogP contribution in [0.25, 0.3) is 5.78 Å². The second kappa shape index (κ2) is 4.48. The normalized spacial score (nSPS) is 33.6. The van der Waals surface area contributed by atoms with Crippen molar-refractivity contribution in [3.63, 3.8) is 0 Å². The lowest BCUT2D eigenvalue weighted by Crippen LogP contribution is -2.46. The van der Waals surface area contributed by atoms with Gasteiger partial charge in [-0.15, -0.1) is 0 Å². The second-order valence-electron chi connectivity index (χ2n) is 8.03. The first-order valence-electron chi connectivity index (χ1n) is 8.41. The van der Waals surface area contributed by atoms with E-state index in [1.807, 2.05) is 6.92 Å². The van der Waals surface area contributed by atoms with Gasteiger partial charge in [0.2, 0.25) is 0 Å². The fourth-order valence-corrected chi connectivity index (χ4v) is 4.76. The van der Waals surface area contributed by atoms with Crippen LogP contribution in [0.3, 0.4) is 0 Å². The predicted molar refractivity (Wildman–Crippen MR) is 91.0 cm³/mol. The Morgan fingerprint density at radius 3 is 2.75 bits per heavy atom. The van der Waals surface area contributed by atoms with Crippen LogP contribution in [0.5, 0.6) is 0 Å². The first-order valence-corrected chi connectivity index (χ1v) is 8.41. The third-order valence-corrected chi connectivity index (χ3v) is 6.93. The maximum Gasteiger partial charge on any atom is 0.254 e. The molecule has 2 bridgehead atoms. The first-order chi connectivity index (χ1) is 11.2. The summed E-state index contributed by atoms with van der Waals surface area (Å²) in [6, 6.07) is 0. The molecule has 2 aliphatic carbocycles. The molecule has 24 heavy (non-hydrogen) atoms. The highest BCUT2D eigenvalue weighted by Gasteiger charge is 2.68. The number of hydrogen-bond acceptors (Lipinski definition) is 5. The molecular weight excluding hydrogens is 302 g/mol. The summed E-state index contributed by atoms with van der Waals surface area (Å²) in [4.78, 5) is 8.44. The van der Waals surface area contributed by atoms with Crippen molar-refractivity contribution in [3.8, 4) is 11.8 Å². The number of hydrogen-bond donors (Lipinski definition) is 2. The Morgan fingerprint density at radius 1 is 1.38 bits per heavy atom. The van der Waals surface area contributed by atoms with Crippen molar-refractivity contribution >= 4 is 11.6 Å². The van der Waals surface area contributed by atoms with Gasteiger partial charge in [-0.3, -0.25) is 0 Å². The lowest BCUT2D eigenvalue weighted by atomic mass is 9.64. The molecule has 6 nitrogen and oxygen atoms in total. The van der Waals surface area contributed by atoms with E-state index in [4.69, 9.17) is 5.73 Å². The molecule has 126 valence electrons. The minimum absolute atomic E-state index is 0.0884. The first kappa shape index (κ1) is 15.4. The maximum absolute atomic E-state index is 11.3. The van der Waals surface area contributed by atoms with Gasteiger partial charge in [-0.25, -0.2) is 4.98 Å². The van der Waals surface area contributed by atoms with E-state index in [1.165, 1.54) is 17.3 Å². The monoisotopic (exact) mass is 325 g/mol. The van der Waals surface area contributed by atoms with Gasteiger partial charge in [-0.2, -0.15) is 14.6 Å². The molecular formula is C18H23N5O. The Kier molecular flexibility index (Phi) is 2.88. The van der Waals surface area contributed by atoms with Gasteiger partial charge in [-0.1, -0.05) is 32.6 Å². The molecule has 0 unspecified atom stereocenters. The summed E-state index contributed by atoms with van der Waals surface area (Å²) in [5, 5.41) is 15.4. The van der Waals surface area contributed by atoms with Crippen molar-refractivity contribution in [2.24, 2.45) is 16.7 Å². The molecule has 0 spiro atoms. The van der Waals surface area contributed by atoms with Gasteiger partial charge in [0, 0.05) is 5.41 Å². The number of aryl methyl sites for hydroxylation is 1. The fourth-order valence-electron chi connectivity index (χ4n) is 4.76. The largest absolute Gasteiger partial charge is 0.382 e. The summed E-state index contributed by atoms with van der Waals surface area (Å²) in [7, 11) is 0. The number of aliphatic hydroxyl groups is 1. The third-order valence-electron chi connectivity index (χ3n) is 6.93. The van der Waals surface area contributed by atoms with Crippen molar-refractivity contribution in [1.29, 1.82) is 0 Å². The summed E-state index contributed by atoms with van der Waals surface area (Å²) in [6.45, 7) is 8.54. The van der Waals surface area contributed by atoms with Gasteiger partial charge in [0.1, 0.15) is 17.7 Å². The van der Waals surface area contributed by atoms with Crippen LogP contribution in [0, 0.1) is 35.5 Å². The summed E-state index contributed by atoms with van der Waals surface area (Å²) >= 11 is 0. The summed E-state index contributed by atoms with van der Waals surface area (Å²) < 4.78 is 1.48. The molecule has 2 aliphatic rings. The van der Waals surface area contributed by atoms with Crippen LogP contribution >= 0.6 is 0 Å². The lowest BCUT2D eigenvalue weighted by Gasteiger charge is -2.42. The van der Waals surface area contributed by atoms with Crippen LogP contribution in [-0.4, -0.2) is 30.3 Å². The summed E-state index contributed by atoms with van der Waals surface area (Å²) in [6.07, 6.45) is 4.32. The Hall–Kier alpha value is -2.13. The van der Waals surface area contributed by atoms with Crippen molar-refractivity contribution in [3.05, 3.63) is 17.6 Å². The van der Waals surface area contributed by atoms with Gasteiger partial charge in [0.05, 0.1) is 11.3 Å². The third kappa shape index (κ3) is 1.68. The molecule has 0 saturated heterocycles. The van der Waals surface area contributed by atoms with Crippen LogP contribution in [0.1, 0.15) is 51.3 Å². The van der Waals surface area contributed by atoms with Crippen molar-refractivity contribution < 1.29 is 5.11 Å². The average molecular weight is 325 g/mol. The molecule has 6 heteroatoms. The Labute approximate surface area is 141 Å². The van der Waals surface area contributed by atoms with E-state index >= 15 is 0 Å². The van der Waals surface area contributed by atoms with Gasteiger partial charge in [0.25, 0.3) is 5.78 Å². The number of nitrogens with two attached hydrogens (primary N) is 1. The Balaban J connectivity index is 1.81. The molecule has 4 rings (SSSR count). The Morgan fingerprint density at radius 2 is 2.12 bits per heavy atom. The zero-order chi connectivity index (χ0) is 17.3. The van der Waals surface area contributed by atoms with Crippen molar-refractivity contribution in [2.45, 2.75) is 52.6 Å². The highest BCUT2D eigenvalue weighted by Crippen LogP contribution is 2.69. The fraction of sp³-hybridized carbons (Fsp3) is 0.611. The van der Waals surface area contributed by atoms with E-state index in [1.54, 1.807) is 0 Å². The highest BCUT2D eigenvalue weighted by atomic mass is 16.3. The predicted octanol–water partition coefficient (Wildman–Crippen LogP) is 1.94. The molecule has 3 N–H and O–H groups in total. The molecule has 0 amide bonds. The number of aromatic nitrogens is 4. The molecule has 0 aromatic carbocycles. The molecule has 2 aromatic rings. The maximum atomic E-state index is 11.3. The molecule has 2 saturated carbocycles. The summed E-state index contributed by atoms with van der Waals surface area (Å²) in [5.41, 5.74) is 6.41. The average Bonchev–Trinajstić information content (AvgIpc) is 3.09. The van der Waals surface area contributed by atoms with Crippen molar-refractivity contribution in [2.75, 3.05) is 5.73 Å². The standard InChI is InChI=1S/C18H23N5O/c1-11-13(14(19)23-15(22-11)20-10-21-23)6-8-18(24)9-12-5-7-17(18,4)16(12,2)3/h10,12,24H,5,7,9,19H2,1-4H3/t12-,17-,18+/m1/s1. The zero-order valence-electron chi connectivity index (χ0n) is 14.6. The molecule has 2 fully saturated rings. The smallest absolute Gasteiger partial charge is 0.254 e. The molecule has 3 atom stereocenters. The molecule has 2 aromatic heterocycles. The molecule has 0 aliphatic heterocycles. The van der Waals surface area contributed by atoms with E-state index in [0.29, 0.717) is 28.8 Å². The van der Waals surface area contributed by atoms with Gasteiger partial charge < -0.3 is 10.8 Å². The second-order valence-corrected chi connectivity index (χ2v) is 8.03. The topological polar surface area (TPSA) is 89.3 Å². The lowest BCUT2D eigenvalue weighted by molar-refractivity contribution is -0.0432. The number of nitrogen functional groups attached to an aromatic ring is 1. The van der Waals surface area contributed by atoms with Crippen LogP contribution in [0.4, 0.5) is 5.82 Å². The minimum atomic E-state index is -0.990. The number of rotatable bonds is 0. The number of nitrogens with zero attached hydrogens (tertiary/aromatic N) is 4. The number of fused-ring (bicyclic) bond motifs is 3. The van der Waals surface area contributed by atoms with Crippen LogP contribution in [0.15, 0.2) is 6.33 Å². The molecule has 0 radical (unpaired) electrons. The molecule has 2 heterocycles. The van der Waals surface area contributed by atoms with Crippen molar-refractivity contribution in [1.82, 2.24) is 19.6 Å². The van der Waals surface area contributed by atoms with Crippen LogP contribution < -0.4 is 5.73 Å². The SMILES string of the molecule is Cc1nc2ncnn2c(N)c1C#C[C@]1(O)C[C@H]2CC[C@]1(C)C2(C)C. The summed E-state index contributed by atoms with van der Waals surface area (Å²) in [5.74, 6) is 7.67.